The van der Waals surface area contributed by atoms with Gasteiger partial charge in [0.15, 0.2) is 5.43 Å². The van der Waals surface area contributed by atoms with Gasteiger partial charge in [0.1, 0.15) is 23.8 Å². The lowest BCUT2D eigenvalue weighted by Crippen LogP contribution is -2.30. The highest BCUT2D eigenvalue weighted by Gasteiger charge is 2.44. The number of hydrogen-bond donors (Lipinski definition) is 0. The number of aryl methyl sites for hydroxylation is 3. The van der Waals surface area contributed by atoms with Crippen LogP contribution in [-0.4, -0.2) is 17.5 Å². The van der Waals surface area contributed by atoms with Crippen molar-refractivity contribution in [3.05, 3.63) is 111 Å². The van der Waals surface area contributed by atoms with Gasteiger partial charge < -0.3 is 9.15 Å². The van der Waals surface area contributed by atoms with Gasteiger partial charge in [0, 0.05) is 5.69 Å². The minimum Gasteiger partial charge on any atom is -0.490 e. The molecule has 3 heterocycles. The van der Waals surface area contributed by atoms with Crippen molar-refractivity contribution in [2.45, 2.75) is 26.8 Å². The van der Waals surface area contributed by atoms with Gasteiger partial charge in [0.2, 0.25) is 5.76 Å². The van der Waals surface area contributed by atoms with Crippen LogP contribution in [-0.2, 0) is 0 Å². The van der Waals surface area contributed by atoms with Gasteiger partial charge in [-0.1, -0.05) is 30.9 Å². The second kappa shape index (κ2) is 8.30. The average molecular weight is 453 g/mol. The van der Waals surface area contributed by atoms with Crippen molar-refractivity contribution in [3.8, 4) is 5.75 Å². The van der Waals surface area contributed by atoms with Gasteiger partial charge in [-0.3, -0.25) is 14.5 Å². The number of nitrogens with zero attached hydrogens (tertiary/aromatic N) is 2. The molecule has 2 aromatic carbocycles. The lowest BCUT2D eigenvalue weighted by Gasteiger charge is -2.24. The number of pyridine rings is 1. The summed E-state index contributed by atoms with van der Waals surface area (Å²) in [6.45, 7) is 9.80. The Kier molecular flexibility index (Phi) is 5.28. The first-order valence-electron chi connectivity index (χ1n) is 11.1. The quantitative estimate of drug-likeness (QED) is 0.378. The van der Waals surface area contributed by atoms with Gasteiger partial charge in [-0.05, 0) is 73.9 Å². The smallest absolute Gasteiger partial charge is 0.296 e. The third-order valence-electron chi connectivity index (χ3n) is 6.15. The molecule has 0 aliphatic carbocycles. The lowest BCUT2D eigenvalue weighted by molar-refractivity contribution is 0.0970. The molecule has 2 aromatic heterocycles. The van der Waals surface area contributed by atoms with Crippen LogP contribution < -0.4 is 15.1 Å². The largest absolute Gasteiger partial charge is 0.490 e. The van der Waals surface area contributed by atoms with E-state index < -0.39 is 11.9 Å². The molecule has 6 nitrogen and oxygen atoms in total. The molecule has 1 atom stereocenters. The number of ether oxygens (including phenoxy) is 1. The maximum Gasteiger partial charge on any atom is 0.296 e. The van der Waals surface area contributed by atoms with E-state index in [0.717, 1.165) is 22.4 Å². The standard InChI is InChI=1S/C28H24N2O4/c1-5-12-33-20-10-7-9-19(15-20)25-24-26(31)21-13-16(2)17(3)14-22(21)34-27(24)28(32)30(25)23-11-6-8-18(4)29-23/h5-11,13-15,25H,1,12H2,2-4H3. The summed E-state index contributed by atoms with van der Waals surface area (Å²) in [4.78, 5) is 33.6. The molecule has 5 rings (SSSR count). The molecule has 1 unspecified atom stereocenters. The van der Waals surface area contributed by atoms with Gasteiger partial charge in [0.25, 0.3) is 5.91 Å². The maximum atomic E-state index is 13.8. The van der Waals surface area contributed by atoms with Crippen molar-refractivity contribution in [2.24, 2.45) is 0 Å². The topological polar surface area (TPSA) is 72.6 Å². The summed E-state index contributed by atoms with van der Waals surface area (Å²) in [6, 6.07) is 15.8. The van der Waals surface area contributed by atoms with E-state index in [9.17, 15) is 9.59 Å². The molecule has 4 aromatic rings. The number of hydrogen-bond acceptors (Lipinski definition) is 5. The molecule has 1 aliphatic rings. The second-order valence-corrected chi connectivity index (χ2v) is 8.49. The van der Waals surface area contributed by atoms with Crippen LogP contribution in [0.25, 0.3) is 11.0 Å². The fraction of sp³-hybridized carbons (Fsp3) is 0.179. The fourth-order valence-corrected chi connectivity index (χ4v) is 4.37. The molecule has 0 saturated heterocycles. The van der Waals surface area contributed by atoms with Gasteiger partial charge in [-0.25, -0.2) is 4.98 Å². The Morgan fingerprint density at radius 1 is 1.06 bits per heavy atom. The summed E-state index contributed by atoms with van der Waals surface area (Å²) < 4.78 is 11.8. The number of fused-ring (bicyclic) bond motifs is 2. The van der Waals surface area contributed by atoms with Gasteiger partial charge in [-0.2, -0.15) is 0 Å². The molecule has 0 saturated carbocycles. The summed E-state index contributed by atoms with van der Waals surface area (Å²) >= 11 is 0. The van der Waals surface area contributed by atoms with E-state index in [0.29, 0.717) is 34.7 Å². The minimum atomic E-state index is -0.702. The van der Waals surface area contributed by atoms with Crippen molar-refractivity contribution in [1.29, 1.82) is 0 Å². The summed E-state index contributed by atoms with van der Waals surface area (Å²) in [5.41, 5.74) is 3.96. The average Bonchev–Trinajstić information content (AvgIpc) is 3.12. The molecule has 1 aliphatic heterocycles. The van der Waals surface area contributed by atoms with Gasteiger partial charge in [0.05, 0.1) is 17.0 Å². The van der Waals surface area contributed by atoms with Crippen LogP contribution >= 0.6 is 0 Å². The Morgan fingerprint density at radius 3 is 2.59 bits per heavy atom. The van der Waals surface area contributed by atoms with Crippen molar-refractivity contribution in [1.82, 2.24) is 4.98 Å². The summed E-state index contributed by atoms with van der Waals surface area (Å²) in [7, 11) is 0. The SMILES string of the molecule is C=CCOc1cccc(C2c3c(oc4cc(C)c(C)cc4c3=O)C(=O)N2c2cccc(C)n2)c1. The molecular weight excluding hydrogens is 428 g/mol. The number of benzene rings is 2. The highest BCUT2D eigenvalue weighted by Crippen LogP contribution is 2.41. The third kappa shape index (κ3) is 3.48. The summed E-state index contributed by atoms with van der Waals surface area (Å²) in [5, 5.41) is 0.456. The minimum absolute atomic E-state index is 0.0477. The molecule has 6 heteroatoms. The number of carbonyl (C=O) groups is 1. The molecule has 34 heavy (non-hydrogen) atoms. The van der Waals surface area contributed by atoms with Crippen molar-refractivity contribution in [3.63, 3.8) is 0 Å². The molecule has 0 spiro atoms. The number of aromatic nitrogens is 1. The first kappa shape index (κ1) is 21.6. The van der Waals surface area contributed by atoms with Gasteiger partial charge >= 0.3 is 0 Å². The van der Waals surface area contributed by atoms with Gasteiger partial charge in [-0.15, -0.1) is 0 Å². The van der Waals surface area contributed by atoms with Crippen LogP contribution in [0.4, 0.5) is 5.82 Å². The zero-order chi connectivity index (χ0) is 24.0. The van der Waals surface area contributed by atoms with E-state index in [4.69, 9.17) is 9.15 Å². The zero-order valence-corrected chi connectivity index (χ0v) is 19.3. The van der Waals surface area contributed by atoms with E-state index >= 15 is 0 Å². The van der Waals surface area contributed by atoms with E-state index in [1.54, 1.807) is 12.1 Å². The molecule has 0 radical (unpaired) electrons. The van der Waals surface area contributed by atoms with E-state index in [-0.39, 0.29) is 11.2 Å². The molecule has 170 valence electrons. The van der Waals surface area contributed by atoms with Crippen molar-refractivity contribution < 1.29 is 13.9 Å². The number of anilines is 1. The monoisotopic (exact) mass is 452 g/mol. The van der Waals surface area contributed by atoms with Crippen LogP contribution in [0.3, 0.4) is 0 Å². The Hall–Kier alpha value is -4.19. The molecular formula is C28H24N2O4. The van der Waals surface area contributed by atoms with Crippen molar-refractivity contribution in [2.75, 3.05) is 11.5 Å². The number of amides is 1. The summed E-state index contributed by atoms with van der Waals surface area (Å²) in [5.74, 6) is 0.723. The second-order valence-electron chi connectivity index (χ2n) is 8.49. The predicted molar refractivity (Wildman–Crippen MR) is 132 cm³/mol. The summed E-state index contributed by atoms with van der Waals surface area (Å²) in [6.07, 6.45) is 1.66. The normalized spacial score (nSPS) is 15.0. The van der Waals surface area contributed by atoms with E-state index in [2.05, 4.69) is 11.6 Å². The van der Waals surface area contributed by atoms with E-state index in [1.165, 1.54) is 4.90 Å². The first-order valence-corrected chi connectivity index (χ1v) is 11.1. The highest BCUT2D eigenvalue weighted by molar-refractivity contribution is 6.10. The Labute approximate surface area is 197 Å². The van der Waals surface area contributed by atoms with Crippen LogP contribution in [0.2, 0.25) is 0 Å². The third-order valence-corrected chi connectivity index (χ3v) is 6.15. The molecule has 0 fully saturated rings. The fourth-order valence-electron chi connectivity index (χ4n) is 4.37. The molecule has 0 bridgehead atoms. The number of carbonyl (C=O) groups excluding carboxylic acids is 1. The van der Waals surface area contributed by atoms with Crippen LogP contribution in [0.1, 0.15) is 44.5 Å². The van der Waals surface area contributed by atoms with Crippen LogP contribution in [0.15, 0.2) is 76.5 Å². The highest BCUT2D eigenvalue weighted by atomic mass is 16.5. The van der Waals surface area contributed by atoms with E-state index in [1.807, 2.05) is 69.3 Å². The van der Waals surface area contributed by atoms with Crippen LogP contribution in [0, 0.1) is 20.8 Å². The predicted octanol–water partition coefficient (Wildman–Crippen LogP) is 5.43. The Balaban J connectivity index is 1.78. The lowest BCUT2D eigenvalue weighted by atomic mass is 9.97. The Bertz CT molecular complexity index is 1520. The molecule has 0 N–H and O–H groups in total. The first-order chi connectivity index (χ1) is 16.4. The zero-order valence-electron chi connectivity index (χ0n) is 19.3. The van der Waals surface area contributed by atoms with Crippen LogP contribution in [0.5, 0.6) is 5.75 Å². The Morgan fingerprint density at radius 2 is 1.82 bits per heavy atom. The van der Waals surface area contributed by atoms with Crippen molar-refractivity contribution >= 4 is 22.7 Å². The molecule has 1 amide bonds. The maximum absolute atomic E-state index is 13.8. The number of rotatable bonds is 5.